The number of phenols is 2. The van der Waals surface area contributed by atoms with Crippen LogP contribution in [0, 0.1) is 0 Å². The van der Waals surface area contributed by atoms with Crippen molar-refractivity contribution in [1.82, 2.24) is 0 Å². The number of hydrogen-bond donors (Lipinski definition) is 2. The Kier molecular flexibility index (Phi) is 4.96. The molecule has 110 valence electrons. The van der Waals surface area contributed by atoms with Crippen molar-refractivity contribution in [3.8, 4) is 11.5 Å². The standard InChI is InChI=1S/C14H18O6/c1-5-7-8(6-2)12(16)10(14(18)20-4)9(11(7)15)13(17)19-3/h15-16H,5-6H2,1-4H3. The van der Waals surface area contributed by atoms with Gasteiger partial charge in [-0.25, -0.2) is 9.59 Å². The van der Waals surface area contributed by atoms with Gasteiger partial charge in [-0.1, -0.05) is 13.8 Å². The summed E-state index contributed by atoms with van der Waals surface area (Å²) in [5.74, 6) is -2.52. The van der Waals surface area contributed by atoms with Gasteiger partial charge in [-0.2, -0.15) is 0 Å². The highest BCUT2D eigenvalue weighted by Crippen LogP contribution is 2.39. The van der Waals surface area contributed by atoms with Gasteiger partial charge in [0.15, 0.2) is 0 Å². The minimum absolute atomic E-state index is 0.352. The van der Waals surface area contributed by atoms with Gasteiger partial charge in [0.2, 0.25) is 0 Å². The van der Waals surface area contributed by atoms with E-state index in [4.69, 9.17) is 0 Å². The second-order valence-corrected chi connectivity index (χ2v) is 4.09. The van der Waals surface area contributed by atoms with Crippen LogP contribution in [0.2, 0.25) is 0 Å². The first-order valence-corrected chi connectivity index (χ1v) is 6.20. The molecule has 0 fully saturated rings. The summed E-state index contributed by atoms with van der Waals surface area (Å²) in [5.41, 5.74) is 0.0907. The highest BCUT2D eigenvalue weighted by molar-refractivity contribution is 6.07. The average molecular weight is 282 g/mol. The second kappa shape index (κ2) is 6.27. The van der Waals surface area contributed by atoms with E-state index in [1.54, 1.807) is 13.8 Å². The Balaban J connectivity index is 3.83. The monoisotopic (exact) mass is 282 g/mol. The lowest BCUT2D eigenvalue weighted by Crippen LogP contribution is -2.15. The predicted molar refractivity (Wildman–Crippen MR) is 71.2 cm³/mol. The summed E-state index contributed by atoms with van der Waals surface area (Å²) in [4.78, 5) is 23.6. The molecule has 0 aliphatic rings. The molecule has 2 N–H and O–H groups in total. The summed E-state index contributed by atoms with van der Waals surface area (Å²) in [6.07, 6.45) is 0.794. The minimum atomic E-state index is -0.907. The van der Waals surface area contributed by atoms with Crippen LogP contribution >= 0.6 is 0 Å². The molecule has 0 unspecified atom stereocenters. The van der Waals surface area contributed by atoms with Crippen LogP contribution in [0.3, 0.4) is 0 Å². The maximum absolute atomic E-state index is 11.8. The quantitative estimate of drug-likeness (QED) is 0.646. The fourth-order valence-corrected chi connectivity index (χ4v) is 2.19. The smallest absolute Gasteiger partial charge is 0.342 e. The molecule has 0 aromatic heterocycles. The maximum Gasteiger partial charge on any atom is 0.342 e. The highest BCUT2D eigenvalue weighted by Gasteiger charge is 2.31. The Labute approximate surface area is 116 Å². The SMILES string of the molecule is CCc1c(O)c(C(=O)OC)c(C(=O)OC)c(O)c1CC. The number of phenolic OH excluding ortho intramolecular Hbond substituents is 2. The molecule has 20 heavy (non-hydrogen) atoms. The van der Waals surface area contributed by atoms with Crippen LogP contribution in [0.15, 0.2) is 0 Å². The van der Waals surface area contributed by atoms with E-state index < -0.39 is 11.9 Å². The molecule has 6 nitrogen and oxygen atoms in total. The number of rotatable bonds is 4. The van der Waals surface area contributed by atoms with Crippen molar-refractivity contribution in [3.05, 3.63) is 22.3 Å². The Hall–Kier alpha value is -2.24. The van der Waals surface area contributed by atoms with Crippen LogP contribution in [0.5, 0.6) is 11.5 Å². The largest absolute Gasteiger partial charge is 0.507 e. The Morgan fingerprint density at radius 2 is 1.15 bits per heavy atom. The van der Waals surface area contributed by atoms with Gasteiger partial charge in [0, 0.05) is 11.1 Å². The zero-order chi connectivity index (χ0) is 15.4. The lowest BCUT2D eigenvalue weighted by Gasteiger charge is -2.17. The van der Waals surface area contributed by atoms with Crippen molar-refractivity contribution < 1.29 is 29.3 Å². The normalized spacial score (nSPS) is 10.2. The van der Waals surface area contributed by atoms with E-state index in [1.165, 1.54) is 0 Å². The van der Waals surface area contributed by atoms with E-state index in [0.29, 0.717) is 24.0 Å². The van der Waals surface area contributed by atoms with Gasteiger partial charge in [0.05, 0.1) is 14.2 Å². The molecule has 0 atom stereocenters. The number of methoxy groups -OCH3 is 2. The Morgan fingerprint density at radius 1 is 0.850 bits per heavy atom. The van der Waals surface area contributed by atoms with Crippen molar-refractivity contribution in [1.29, 1.82) is 0 Å². The maximum atomic E-state index is 11.8. The number of esters is 2. The van der Waals surface area contributed by atoms with Crippen LogP contribution in [0.4, 0.5) is 0 Å². The van der Waals surface area contributed by atoms with Gasteiger partial charge >= 0.3 is 11.9 Å². The Bertz CT molecular complexity index is 498. The lowest BCUT2D eigenvalue weighted by atomic mass is 9.92. The summed E-state index contributed by atoms with van der Waals surface area (Å²) in [6, 6.07) is 0. The van der Waals surface area contributed by atoms with Crippen molar-refractivity contribution in [2.45, 2.75) is 26.7 Å². The molecule has 1 aromatic rings. The zero-order valence-electron chi connectivity index (χ0n) is 11.9. The van der Waals surface area contributed by atoms with Crippen molar-refractivity contribution >= 4 is 11.9 Å². The summed E-state index contributed by atoms with van der Waals surface area (Å²) in [5, 5.41) is 20.5. The predicted octanol–water partition coefficient (Wildman–Crippen LogP) is 1.80. The molecule has 0 spiro atoms. The molecule has 0 radical (unpaired) electrons. The fourth-order valence-electron chi connectivity index (χ4n) is 2.19. The number of carbonyl (C=O) groups excluding carboxylic acids is 2. The van der Waals surface area contributed by atoms with E-state index in [-0.39, 0.29) is 22.6 Å². The van der Waals surface area contributed by atoms with Crippen LogP contribution in [0.25, 0.3) is 0 Å². The first-order valence-electron chi connectivity index (χ1n) is 6.20. The molecule has 0 aliphatic carbocycles. The van der Waals surface area contributed by atoms with E-state index in [9.17, 15) is 19.8 Å². The first kappa shape index (κ1) is 15.8. The summed E-state index contributed by atoms with van der Waals surface area (Å²) >= 11 is 0. The molecular weight excluding hydrogens is 264 g/mol. The first-order chi connectivity index (χ1) is 9.44. The molecule has 0 heterocycles. The molecular formula is C14H18O6. The third-order valence-electron chi connectivity index (χ3n) is 3.15. The number of aromatic hydroxyl groups is 2. The van der Waals surface area contributed by atoms with Crippen molar-refractivity contribution in [3.63, 3.8) is 0 Å². The van der Waals surface area contributed by atoms with Crippen molar-refractivity contribution in [2.75, 3.05) is 14.2 Å². The van der Waals surface area contributed by atoms with Gasteiger partial charge in [-0.05, 0) is 12.8 Å². The van der Waals surface area contributed by atoms with Crippen LogP contribution < -0.4 is 0 Å². The number of benzene rings is 1. The van der Waals surface area contributed by atoms with Gasteiger partial charge in [-0.15, -0.1) is 0 Å². The summed E-state index contributed by atoms with van der Waals surface area (Å²) in [7, 11) is 2.25. The molecule has 0 aliphatic heterocycles. The van der Waals surface area contributed by atoms with Gasteiger partial charge in [-0.3, -0.25) is 0 Å². The summed E-state index contributed by atoms with van der Waals surface area (Å²) in [6.45, 7) is 3.54. The van der Waals surface area contributed by atoms with Crippen LogP contribution in [-0.4, -0.2) is 36.4 Å². The molecule has 6 heteroatoms. The fraction of sp³-hybridized carbons (Fsp3) is 0.429. The Morgan fingerprint density at radius 3 is 1.35 bits per heavy atom. The van der Waals surface area contributed by atoms with Gasteiger partial charge in [0.1, 0.15) is 22.6 Å². The second-order valence-electron chi connectivity index (χ2n) is 4.09. The molecule has 1 rings (SSSR count). The number of ether oxygens (including phenoxy) is 2. The van der Waals surface area contributed by atoms with Crippen LogP contribution in [-0.2, 0) is 22.3 Å². The topological polar surface area (TPSA) is 93.1 Å². The van der Waals surface area contributed by atoms with E-state index >= 15 is 0 Å². The van der Waals surface area contributed by atoms with Gasteiger partial charge < -0.3 is 19.7 Å². The van der Waals surface area contributed by atoms with Crippen LogP contribution in [0.1, 0.15) is 45.7 Å². The molecule has 0 bridgehead atoms. The highest BCUT2D eigenvalue weighted by atomic mass is 16.5. The molecule has 0 amide bonds. The minimum Gasteiger partial charge on any atom is -0.507 e. The number of carbonyl (C=O) groups is 2. The average Bonchev–Trinajstić information content (AvgIpc) is 2.46. The lowest BCUT2D eigenvalue weighted by molar-refractivity contribution is 0.0548. The van der Waals surface area contributed by atoms with Gasteiger partial charge in [0.25, 0.3) is 0 Å². The van der Waals surface area contributed by atoms with E-state index in [1.807, 2.05) is 0 Å². The zero-order valence-corrected chi connectivity index (χ0v) is 11.9. The van der Waals surface area contributed by atoms with E-state index in [2.05, 4.69) is 9.47 Å². The van der Waals surface area contributed by atoms with Crippen molar-refractivity contribution in [2.24, 2.45) is 0 Å². The third kappa shape index (κ3) is 2.41. The third-order valence-corrected chi connectivity index (χ3v) is 3.15. The molecule has 0 saturated heterocycles. The molecule has 0 saturated carbocycles. The molecule has 1 aromatic carbocycles. The number of hydrogen-bond acceptors (Lipinski definition) is 6. The summed E-state index contributed by atoms with van der Waals surface area (Å²) < 4.78 is 9.13. The van der Waals surface area contributed by atoms with E-state index in [0.717, 1.165) is 14.2 Å².